The molecule has 1 heterocycles. The van der Waals surface area contributed by atoms with Crippen molar-refractivity contribution in [3.05, 3.63) is 42.0 Å². The lowest BCUT2D eigenvalue weighted by Crippen LogP contribution is -2.25. The predicted octanol–water partition coefficient (Wildman–Crippen LogP) is 3.42. The molecular weight excluding hydrogens is 372 g/mol. The van der Waals surface area contributed by atoms with E-state index in [4.69, 9.17) is 0 Å². The van der Waals surface area contributed by atoms with Crippen molar-refractivity contribution in [1.29, 1.82) is 0 Å². The minimum absolute atomic E-state index is 0.245. The van der Waals surface area contributed by atoms with Crippen LogP contribution in [0.5, 0.6) is 0 Å². The first kappa shape index (κ1) is 18.4. The molecule has 0 aliphatic heterocycles. The Kier molecular flexibility index (Phi) is 4.78. The quantitative estimate of drug-likeness (QED) is 0.388. The van der Waals surface area contributed by atoms with Crippen LogP contribution in [0.15, 0.2) is 51.5 Å². The first-order valence-corrected chi connectivity index (χ1v) is 9.97. The Labute approximate surface area is 156 Å². The molecule has 0 unspecified atom stereocenters. The van der Waals surface area contributed by atoms with E-state index in [9.17, 15) is 13.0 Å². The van der Waals surface area contributed by atoms with Gasteiger partial charge in [-0.1, -0.05) is 0 Å². The fourth-order valence-corrected chi connectivity index (χ4v) is 4.07. The first-order chi connectivity index (χ1) is 12.2. The Balaban J connectivity index is 1.98. The number of hydrogen-bond donors (Lipinski definition) is 0. The molecule has 3 rings (SSSR count). The van der Waals surface area contributed by atoms with Crippen LogP contribution in [0, 0.1) is 6.92 Å². The van der Waals surface area contributed by atoms with Gasteiger partial charge in [0.2, 0.25) is 0 Å². The van der Waals surface area contributed by atoms with E-state index in [1.807, 2.05) is 55.7 Å². The molecule has 7 nitrogen and oxygen atoms in total. The van der Waals surface area contributed by atoms with Crippen LogP contribution < -0.4 is 9.47 Å². The monoisotopic (exact) mass is 390 g/mol. The number of benzene rings is 2. The highest BCUT2D eigenvalue weighted by Gasteiger charge is 2.17. The standard InChI is InChI=1S/C17H18N4O3S2/c1-11-9-12(20(2)3)5-7-14(11)18-19-17-21(4)15-8-6-13(26(22,23)24)10-16(15)25-17/h5-10H,1-4H3. The maximum Gasteiger partial charge on any atom is 0.409 e. The van der Waals surface area contributed by atoms with Crippen LogP contribution in [-0.2, 0) is 17.2 Å². The Bertz CT molecular complexity index is 1120. The van der Waals surface area contributed by atoms with Gasteiger partial charge in [-0.05, 0) is 65.3 Å². The molecule has 3 aromatic rings. The van der Waals surface area contributed by atoms with Crippen molar-refractivity contribution in [3.63, 3.8) is 0 Å². The van der Waals surface area contributed by atoms with E-state index in [0.717, 1.165) is 22.5 Å². The molecule has 2 aromatic carbocycles. The molecule has 26 heavy (non-hydrogen) atoms. The van der Waals surface area contributed by atoms with Crippen LogP contribution >= 0.6 is 11.3 Å². The molecule has 136 valence electrons. The highest BCUT2D eigenvalue weighted by Crippen LogP contribution is 2.30. The van der Waals surface area contributed by atoms with E-state index >= 15 is 0 Å². The van der Waals surface area contributed by atoms with E-state index in [2.05, 4.69) is 10.2 Å². The number of nitrogens with zero attached hydrogens (tertiary/aromatic N) is 4. The summed E-state index contributed by atoms with van der Waals surface area (Å²) in [5.41, 5.74) is 3.63. The van der Waals surface area contributed by atoms with E-state index in [-0.39, 0.29) is 4.90 Å². The number of azo groups is 1. The molecular formula is C17H18N4O3S2. The zero-order valence-electron chi connectivity index (χ0n) is 14.8. The Morgan fingerprint density at radius 3 is 2.46 bits per heavy atom. The summed E-state index contributed by atoms with van der Waals surface area (Å²) in [4.78, 5) is 1.77. The molecule has 0 N–H and O–H groups in total. The number of thiazole rings is 1. The second kappa shape index (κ2) is 6.75. The van der Waals surface area contributed by atoms with E-state index in [0.29, 0.717) is 9.83 Å². The smallest absolute Gasteiger partial charge is 0.409 e. The third-order valence-electron chi connectivity index (χ3n) is 4.01. The fraction of sp³-hybridized carbons (Fsp3) is 0.235. The molecule has 0 aliphatic carbocycles. The SMILES string of the molecule is Cc1cc(N(C)C)ccc1N=Nc1sc2cc(S(=O)(=O)[O-])ccc2[n+]1C. The lowest BCUT2D eigenvalue weighted by atomic mass is 10.2. The van der Waals surface area contributed by atoms with Gasteiger partial charge in [-0.15, -0.1) is 0 Å². The molecule has 0 atom stereocenters. The van der Waals surface area contributed by atoms with Gasteiger partial charge >= 0.3 is 5.13 Å². The van der Waals surface area contributed by atoms with Crippen molar-refractivity contribution in [3.8, 4) is 0 Å². The van der Waals surface area contributed by atoms with Crippen LogP contribution in [0.2, 0.25) is 0 Å². The van der Waals surface area contributed by atoms with E-state index < -0.39 is 10.1 Å². The average Bonchev–Trinajstić information content (AvgIpc) is 2.88. The van der Waals surface area contributed by atoms with Gasteiger partial charge in [0.05, 0.1) is 21.8 Å². The molecule has 1 aromatic heterocycles. The highest BCUT2D eigenvalue weighted by molar-refractivity contribution is 7.85. The van der Waals surface area contributed by atoms with Gasteiger partial charge in [0.1, 0.15) is 21.3 Å². The number of aryl methyl sites for hydroxylation is 2. The lowest BCUT2D eigenvalue weighted by Gasteiger charge is -2.12. The normalized spacial score (nSPS) is 12.2. The largest absolute Gasteiger partial charge is 0.744 e. The summed E-state index contributed by atoms with van der Waals surface area (Å²) < 4.78 is 36.0. The molecule has 0 saturated heterocycles. The number of hydrogen-bond acceptors (Lipinski definition) is 7. The van der Waals surface area contributed by atoms with Gasteiger partial charge in [-0.3, -0.25) is 0 Å². The van der Waals surface area contributed by atoms with Crippen LogP contribution in [0.25, 0.3) is 10.2 Å². The summed E-state index contributed by atoms with van der Waals surface area (Å²) in [5.74, 6) is 0. The van der Waals surface area contributed by atoms with Crippen LogP contribution in [0.4, 0.5) is 16.5 Å². The van der Waals surface area contributed by atoms with E-state index in [1.54, 1.807) is 6.07 Å². The van der Waals surface area contributed by atoms with Crippen molar-refractivity contribution < 1.29 is 17.5 Å². The second-order valence-corrected chi connectivity index (χ2v) is 8.48. The molecule has 0 saturated carbocycles. The van der Waals surface area contributed by atoms with Crippen molar-refractivity contribution in [2.75, 3.05) is 19.0 Å². The fourth-order valence-electron chi connectivity index (χ4n) is 2.49. The van der Waals surface area contributed by atoms with Crippen molar-refractivity contribution >= 4 is 48.2 Å². The van der Waals surface area contributed by atoms with E-state index in [1.165, 1.54) is 23.5 Å². The number of aromatic nitrogens is 1. The lowest BCUT2D eigenvalue weighted by molar-refractivity contribution is -0.627. The summed E-state index contributed by atoms with van der Waals surface area (Å²) in [5, 5.41) is 9.23. The summed E-state index contributed by atoms with van der Waals surface area (Å²) in [6, 6.07) is 10.2. The summed E-state index contributed by atoms with van der Waals surface area (Å²) in [6.07, 6.45) is 0. The van der Waals surface area contributed by atoms with Crippen molar-refractivity contribution in [2.45, 2.75) is 11.8 Å². The maximum absolute atomic E-state index is 11.2. The van der Waals surface area contributed by atoms with Crippen LogP contribution in [-0.4, -0.2) is 27.1 Å². The molecule has 0 spiro atoms. The van der Waals surface area contributed by atoms with Gasteiger partial charge in [-0.25, -0.2) is 13.0 Å². The van der Waals surface area contributed by atoms with Crippen molar-refractivity contribution in [1.82, 2.24) is 0 Å². The number of rotatable bonds is 4. The Morgan fingerprint density at radius 1 is 1.12 bits per heavy atom. The molecule has 0 fully saturated rings. The Morgan fingerprint density at radius 2 is 1.85 bits per heavy atom. The van der Waals surface area contributed by atoms with Crippen molar-refractivity contribution in [2.24, 2.45) is 17.3 Å². The first-order valence-electron chi connectivity index (χ1n) is 7.75. The summed E-state index contributed by atoms with van der Waals surface area (Å²) in [6.45, 7) is 1.97. The Hall–Kier alpha value is -2.36. The third-order valence-corrected chi connectivity index (χ3v) is 5.93. The number of fused-ring (bicyclic) bond motifs is 1. The topological polar surface area (TPSA) is 89.0 Å². The van der Waals surface area contributed by atoms with Gasteiger partial charge in [-0.2, -0.15) is 0 Å². The zero-order chi connectivity index (χ0) is 19.1. The molecule has 0 aliphatic rings. The molecule has 9 heteroatoms. The average molecular weight is 390 g/mol. The predicted molar refractivity (Wildman–Crippen MR) is 101 cm³/mol. The highest BCUT2D eigenvalue weighted by atomic mass is 32.2. The minimum Gasteiger partial charge on any atom is -0.744 e. The van der Waals surface area contributed by atoms with Crippen LogP contribution in [0.1, 0.15) is 5.56 Å². The van der Waals surface area contributed by atoms with Gasteiger partial charge in [0.25, 0.3) is 0 Å². The second-order valence-electron chi connectivity index (χ2n) is 6.09. The van der Waals surface area contributed by atoms with Crippen LogP contribution in [0.3, 0.4) is 0 Å². The summed E-state index contributed by atoms with van der Waals surface area (Å²) >= 11 is 1.28. The zero-order valence-corrected chi connectivity index (χ0v) is 16.4. The number of anilines is 1. The molecule has 0 amide bonds. The maximum atomic E-state index is 11.2. The summed E-state index contributed by atoms with van der Waals surface area (Å²) in [7, 11) is 1.29. The van der Waals surface area contributed by atoms with Gasteiger partial charge in [0.15, 0.2) is 0 Å². The van der Waals surface area contributed by atoms with Gasteiger partial charge in [0, 0.05) is 19.8 Å². The minimum atomic E-state index is -4.48. The third kappa shape index (κ3) is 3.59. The van der Waals surface area contributed by atoms with Gasteiger partial charge < -0.3 is 9.45 Å². The molecule has 0 radical (unpaired) electrons. The molecule has 0 bridgehead atoms.